The lowest BCUT2D eigenvalue weighted by Gasteiger charge is -2.23. The summed E-state index contributed by atoms with van der Waals surface area (Å²) in [5, 5.41) is 3.30. The fourth-order valence-corrected chi connectivity index (χ4v) is 4.84. The summed E-state index contributed by atoms with van der Waals surface area (Å²) in [4.78, 5) is 12.7. The van der Waals surface area contributed by atoms with Crippen LogP contribution < -0.4 is 10.0 Å². The van der Waals surface area contributed by atoms with E-state index < -0.39 is 21.8 Å². The van der Waals surface area contributed by atoms with Crippen molar-refractivity contribution in [1.29, 1.82) is 0 Å². The highest BCUT2D eigenvalue weighted by Gasteiger charge is 2.34. The van der Waals surface area contributed by atoms with Crippen LogP contribution >= 0.6 is 11.6 Å². The van der Waals surface area contributed by atoms with E-state index >= 15 is 0 Å². The molecule has 9 heteroatoms. The lowest BCUT2D eigenvalue weighted by Crippen LogP contribution is -2.35. The molecule has 0 bridgehead atoms. The Bertz CT molecular complexity index is 1080. The molecule has 0 atom stereocenters. The summed E-state index contributed by atoms with van der Waals surface area (Å²) in [6, 6.07) is 8.90. The first kappa shape index (κ1) is 24.5. The Morgan fingerprint density at radius 2 is 1.59 bits per heavy atom. The largest absolute Gasteiger partial charge is 0.344 e. The van der Waals surface area contributed by atoms with Gasteiger partial charge < -0.3 is 14.8 Å². The predicted octanol–water partition coefficient (Wildman–Crippen LogP) is 5.32. The highest BCUT2D eigenvalue weighted by Crippen LogP contribution is 2.36. The third-order valence-electron chi connectivity index (χ3n) is 5.38. The van der Waals surface area contributed by atoms with Crippen LogP contribution in [0.4, 0.5) is 10.5 Å². The van der Waals surface area contributed by atoms with Gasteiger partial charge >= 0.3 is 6.03 Å². The van der Waals surface area contributed by atoms with E-state index in [-0.39, 0.29) is 16.7 Å². The summed E-state index contributed by atoms with van der Waals surface area (Å²) in [5.74, 6) is -0.876. The van der Waals surface area contributed by atoms with Crippen molar-refractivity contribution < 1.29 is 22.7 Å². The molecule has 0 aliphatic carbocycles. The summed E-state index contributed by atoms with van der Waals surface area (Å²) >= 11 is 6.27. The van der Waals surface area contributed by atoms with Crippen molar-refractivity contribution in [2.45, 2.75) is 57.1 Å². The SMILES string of the molecule is CC(C)c1cc(Cl)cc(C(C)C)c1NC(=O)NS(=O)(=O)c1cccc(C2(C)OCCO2)c1. The molecule has 32 heavy (non-hydrogen) atoms. The minimum Gasteiger partial charge on any atom is -0.344 e. The van der Waals surface area contributed by atoms with Gasteiger partial charge in [0.05, 0.1) is 18.1 Å². The smallest absolute Gasteiger partial charge is 0.333 e. The number of carbonyl (C=O) groups excluding carboxylic acids is 1. The van der Waals surface area contributed by atoms with Gasteiger partial charge in [-0.1, -0.05) is 51.4 Å². The molecule has 0 saturated carbocycles. The molecule has 0 unspecified atom stereocenters. The maximum Gasteiger partial charge on any atom is 0.333 e. The molecule has 7 nitrogen and oxygen atoms in total. The molecule has 174 valence electrons. The highest BCUT2D eigenvalue weighted by molar-refractivity contribution is 7.90. The predicted molar refractivity (Wildman–Crippen MR) is 125 cm³/mol. The zero-order valence-electron chi connectivity index (χ0n) is 18.9. The molecule has 2 aromatic rings. The molecule has 1 fully saturated rings. The van der Waals surface area contributed by atoms with Crippen molar-refractivity contribution in [3.05, 3.63) is 58.1 Å². The Morgan fingerprint density at radius 3 is 2.12 bits per heavy atom. The molecule has 2 amide bonds. The number of amides is 2. The van der Waals surface area contributed by atoms with Gasteiger partial charge in [0, 0.05) is 16.3 Å². The molecule has 0 aromatic heterocycles. The number of carbonyl (C=O) groups is 1. The zero-order valence-corrected chi connectivity index (χ0v) is 20.4. The molecule has 0 spiro atoms. The van der Waals surface area contributed by atoms with E-state index in [9.17, 15) is 13.2 Å². The van der Waals surface area contributed by atoms with Crippen LogP contribution in [0.25, 0.3) is 0 Å². The number of halogens is 1. The highest BCUT2D eigenvalue weighted by atomic mass is 35.5. The summed E-state index contributed by atoms with van der Waals surface area (Å²) in [5.41, 5.74) is 2.79. The minimum absolute atomic E-state index is 0.0604. The van der Waals surface area contributed by atoms with Crippen LogP contribution in [0.15, 0.2) is 41.3 Å². The number of nitrogens with one attached hydrogen (secondary N) is 2. The molecular formula is C23H29ClN2O5S. The topological polar surface area (TPSA) is 93.7 Å². The third-order valence-corrected chi connectivity index (χ3v) is 6.93. The fourth-order valence-electron chi connectivity index (χ4n) is 3.65. The lowest BCUT2D eigenvalue weighted by molar-refractivity contribution is -0.149. The maximum absolute atomic E-state index is 12.9. The van der Waals surface area contributed by atoms with Crippen molar-refractivity contribution in [2.75, 3.05) is 18.5 Å². The quantitative estimate of drug-likeness (QED) is 0.583. The second kappa shape index (κ2) is 9.39. The number of ether oxygens (including phenoxy) is 2. The molecular weight excluding hydrogens is 452 g/mol. The number of anilines is 1. The van der Waals surface area contributed by atoms with E-state index in [2.05, 4.69) is 10.0 Å². The second-order valence-electron chi connectivity index (χ2n) is 8.50. The van der Waals surface area contributed by atoms with E-state index in [0.717, 1.165) is 11.1 Å². The first-order valence-electron chi connectivity index (χ1n) is 10.5. The van der Waals surface area contributed by atoms with Gasteiger partial charge in [-0.25, -0.2) is 17.9 Å². The number of hydrogen-bond donors (Lipinski definition) is 2. The Labute approximate surface area is 194 Å². The van der Waals surface area contributed by atoms with Crippen molar-refractivity contribution in [2.24, 2.45) is 0 Å². The van der Waals surface area contributed by atoms with E-state index in [4.69, 9.17) is 21.1 Å². The molecule has 2 aromatic carbocycles. The van der Waals surface area contributed by atoms with Gasteiger partial charge in [0.15, 0.2) is 5.79 Å². The Kier molecular flexibility index (Phi) is 7.19. The molecule has 3 rings (SSSR count). The number of urea groups is 1. The molecule has 0 radical (unpaired) electrons. The van der Waals surface area contributed by atoms with Gasteiger partial charge in [-0.05, 0) is 54.2 Å². The van der Waals surface area contributed by atoms with E-state index in [1.165, 1.54) is 12.1 Å². The fraction of sp³-hybridized carbons (Fsp3) is 0.435. The van der Waals surface area contributed by atoms with Gasteiger partial charge in [0.1, 0.15) is 0 Å². The number of benzene rings is 2. The van der Waals surface area contributed by atoms with E-state index in [0.29, 0.717) is 29.5 Å². The van der Waals surface area contributed by atoms with Crippen LogP contribution in [0.3, 0.4) is 0 Å². The number of rotatable bonds is 6. The average Bonchev–Trinajstić information content (AvgIpc) is 3.16. The summed E-state index contributed by atoms with van der Waals surface area (Å²) in [6.45, 7) is 10.5. The van der Waals surface area contributed by atoms with Crippen LogP contribution in [0, 0.1) is 0 Å². The average molecular weight is 481 g/mol. The van der Waals surface area contributed by atoms with Crippen molar-refractivity contribution in [3.63, 3.8) is 0 Å². The Balaban J connectivity index is 1.87. The Hall–Kier alpha value is -2.13. The van der Waals surface area contributed by atoms with Crippen molar-refractivity contribution >= 4 is 33.3 Å². The van der Waals surface area contributed by atoms with E-state index in [1.54, 1.807) is 31.2 Å². The first-order valence-corrected chi connectivity index (χ1v) is 12.3. The van der Waals surface area contributed by atoms with Gasteiger partial charge in [0.2, 0.25) is 0 Å². The molecule has 2 N–H and O–H groups in total. The summed E-state index contributed by atoms with van der Waals surface area (Å²) < 4.78 is 39.2. The Morgan fingerprint density at radius 1 is 1.03 bits per heavy atom. The van der Waals surface area contributed by atoms with Gasteiger partial charge in [-0.15, -0.1) is 0 Å². The second-order valence-corrected chi connectivity index (χ2v) is 10.6. The van der Waals surface area contributed by atoms with Crippen molar-refractivity contribution in [3.8, 4) is 0 Å². The standard InChI is InChI=1S/C23H29ClN2O5S/c1-14(2)19-12-17(24)13-20(15(3)4)21(19)25-22(27)26-32(28,29)18-8-6-7-16(11-18)23(5)30-9-10-31-23/h6-8,11-15H,9-10H2,1-5H3,(H2,25,26,27). The van der Waals surface area contributed by atoms with Gasteiger partial charge in [0.25, 0.3) is 10.0 Å². The molecule has 1 saturated heterocycles. The van der Waals surface area contributed by atoms with Crippen LogP contribution in [0.2, 0.25) is 5.02 Å². The minimum atomic E-state index is -4.13. The van der Waals surface area contributed by atoms with Crippen molar-refractivity contribution in [1.82, 2.24) is 4.72 Å². The lowest BCUT2D eigenvalue weighted by atomic mass is 9.92. The number of sulfonamides is 1. The maximum atomic E-state index is 12.9. The number of hydrogen-bond acceptors (Lipinski definition) is 5. The summed E-state index contributed by atoms with van der Waals surface area (Å²) in [7, 11) is -4.13. The van der Waals surface area contributed by atoms with Gasteiger partial charge in [-0.2, -0.15) is 0 Å². The van der Waals surface area contributed by atoms with Crippen LogP contribution in [0.5, 0.6) is 0 Å². The van der Waals surface area contributed by atoms with Gasteiger partial charge in [-0.3, -0.25) is 0 Å². The van der Waals surface area contributed by atoms with Crippen LogP contribution in [-0.2, 0) is 25.3 Å². The molecule has 1 aliphatic rings. The molecule has 1 heterocycles. The third kappa shape index (κ3) is 5.26. The normalized spacial score (nSPS) is 15.9. The van der Waals surface area contributed by atoms with E-state index in [1.807, 2.05) is 27.7 Å². The zero-order chi connectivity index (χ0) is 23.7. The summed E-state index contributed by atoms with van der Waals surface area (Å²) in [6.07, 6.45) is 0. The monoisotopic (exact) mass is 480 g/mol. The first-order chi connectivity index (χ1) is 14.9. The van der Waals surface area contributed by atoms with Crippen LogP contribution in [-0.4, -0.2) is 27.7 Å². The van der Waals surface area contributed by atoms with Crippen LogP contribution in [0.1, 0.15) is 63.1 Å². The molecule has 1 aliphatic heterocycles.